The first-order valence-corrected chi connectivity index (χ1v) is 9.40. The Bertz CT molecular complexity index is 936. The number of piperidine rings is 1. The van der Waals surface area contributed by atoms with Gasteiger partial charge in [-0.1, -0.05) is 17.2 Å². The standard InChI is InChI=1S/C20H21N5O2/c21-23-22-10-5-13-25-19(26)15-7-4-6-14-17(24-11-2-1-3-12-24)9-8-16(18(14)15)20(25)27/h4,6-9H,1-3,5,10-13H2. The first kappa shape index (κ1) is 17.4. The average Bonchev–Trinajstić information content (AvgIpc) is 2.71. The van der Waals surface area contributed by atoms with Crippen molar-refractivity contribution in [2.45, 2.75) is 25.7 Å². The molecular formula is C20H21N5O2. The van der Waals surface area contributed by atoms with Gasteiger partial charge < -0.3 is 4.90 Å². The van der Waals surface area contributed by atoms with Gasteiger partial charge in [0.2, 0.25) is 0 Å². The normalized spacial score (nSPS) is 16.6. The molecule has 7 heteroatoms. The molecule has 4 rings (SSSR count). The Morgan fingerprint density at radius 2 is 1.74 bits per heavy atom. The van der Waals surface area contributed by atoms with Gasteiger partial charge in [-0.05, 0) is 49.4 Å². The summed E-state index contributed by atoms with van der Waals surface area (Å²) in [5, 5.41) is 5.22. The van der Waals surface area contributed by atoms with Crippen molar-refractivity contribution < 1.29 is 9.59 Å². The number of hydrogen-bond donors (Lipinski definition) is 0. The number of hydrogen-bond acceptors (Lipinski definition) is 4. The van der Waals surface area contributed by atoms with Gasteiger partial charge in [-0.25, -0.2) is 0 Å². The molecule has 138 valence electrons. The Balaban J connectivity index is 1.74. The number of nitrogens with zero attached hydrogens (tertiary/aromatic N) is 5. The van der Waals surface area contributed by atoms with Crippen LogP contribution in [0.15, 0.2) is 35.4 Å². The summed E-state index contributed by atoms with van der Waals surface area (Å²) in [7, 11) is 0. The maximum atomic E-state index is 13.0. The summed E-state index contributed by atoms with van der Waals surface area (Å²) in [5.74, 6) is -0.537. The fourth-order valence-electron chi connectivity index (χ4n) is 4.09. The van der Waals surface area contributed by atoms with Crippen molar-refractivity contribution in [2.24, 2.45) is 5.11 Å². The molecule has 7 nitrogen and oxygen atoms in total. The predicted molar refractivity (Wildman–Crippen MR) is 104 cm³/mol. The Morgan fingerprint density at radius 1 is 1.00 bits per heavy atom. The van der Waals surface area contributed by atoms with Crippen LogP contribution in [0.2, 0.25) is 0 Å². The Hall–Kier alpha value is -3.05. The number of benzene rings is 2. The van der Waals surface area contributed by atoms with Crippen LogP contribution in [0.1, 0.15) is 46.4 Å². The van der Waals surface area contributed by atoms with Crippen LogP contribution in [0.25, 0.3) is 21.2 Å². The van der Waals surface area contributed by atoms with E-state index in [0.29, 0.717) is 17.5 Å². The number of rotatable bonds is 5. The summed E-state index contributed by atoms with van der Waals surface area (Å²) < 4.78 is 0. The van der Waals surface area contributed by atoms with Gasteiger partial charge >= 0.3 is 0 Å². The van der Waals surface area contributed by atoms with Gasteiger partial charge in [0.05, 0.1) is 0 Å². The third-order valence-electron chi connectivity index (χ3n) is 5.37. The lowest BCUT2D eigenvalue weighted by molar-refractivity contribution is 0.0610. The van der Waals surface area contributed by atoms with Gasteiger partial charge in [0.25, 0.3) is 11.8 Å². The highest BCUT2D eigenvalue weighted by Gasteiger charge is 2.33. The summed E-state index contributed by atoms with van der Waals surface area (Å²) in [6.07, 6.45) is 4.04. The van der Waals surface area contributed by atoms with E-state index in [0.717, 1.165) is 29.5 Å². The van der Waals surface area contributed by atoms with Crippen LogP contribution in [0.4, 0.5) is 5.69 Å². The zero-order valence-electron chi connectivity index (χ0n) is 15.1. The molecule has 1 fully saturated rings. The van der Waals surface area contributed by atoms with E-state index in [4.69, 9.17) is 5.53 Å². The summed E-state index contributed by atoms with van der Waals surface area (Å²) in [5.41, 5.74) is 10.6. The summed E-state index contributed by atoms with van der Waals surface area (Å²) in [4.78, 5) is 32.2. The van der Waals surface area contributed by atoms with E-state index in [1.165, 1.54) is 24.2 Å². The van der Waals surface area contributed by atoms with Crippen molar-refractivity contribution in [3.05, 3.63) is 51.9 Å². The van der Waals surface area contributed by atoms with Gasteiger partial charge in [0.1, 0.15) is 0 Å². The first-order chi connectivity index (χ1) is 13.2. The monoisotopic (exact) mass is 363 g/mol. The zero-order chi connectivity index (χ0) is 18.8. The van der Waals surface area contributed by atoms with Gasteiger partial charge in [-0.3, -0.25) is 14.5 Å². The van der Waals surface area contributed by atoms with E-state index in [2.05, 4.69) is 14.9 Å². The Kier molecular flexibility index (Phi) is 4.69. The van der Waals surface area contributed by atoms with Crippen LogP contribution in [-0.4, -0.2) is 42.9 Å². The highest BCUT2D eigenvalue weighted by Crippen LogP contribution is 2.36. The number of carbonyl (C=O) groups excluding carboxylic acids is 2. The minimum Gasteiger partial charge on any atom is -0.371 e. The summed E-state index contributed by atoms with van der Waals surface area (Å²) >= 11 is 0. The maximum Gasteiger partial charge on any atom is 0.261 e. The molecule has 2 aromatic rings. The second kappa shape index (κ2) is 7.29. The summed E-state index contributed by atoms with van der Waals surface area (Å²) in [6, 6.07) is 9.55. The van der Waals surface area contributed by atoms with Crippen molar-refractivity contribution in [3.63, 3.8) is 0 Å². The van der Waals surface area contributed by atoms with Crippen LogP contribution in [0.5, 0.6) is 0 Å². The molecule has 0 atom stereocenters. The number of azide groups is 1. The minimum atomic E-state index is -0.269. The molecule has 2 aromatic carbocycles. The number of imide groups is 1. The molecule has 2 aliphatic heterocycles. The molecule has 27 heavy (non-hydrogen) atoms. The van der Waals surface area contributed by atoms with Gasteiger partial charge in [-0.15, -0.1) is 0 Å². The average molecular weight is 363 g/mol. The summed E-state index contributed by atoms with van der Waals surface area (Å²) in [6.45, 7) is 2.52. The molecule has 0 bridgehead atoms. The first-order valence-electron chi connectivity index (χ1n) is 9.40. The third kappa shape index (κ3) is 3.00. The Morgan fingerprint density at radius 3 is 2.48 bits per heavy atom. The highest BCUT2D eigenvalue weighted by molar-refractivity contribution is 6.26. The van der Waals surface area contributed by atoms with Crippen molar-refractivity contribution in [2.75, 3.05) is 31.1 Å². The van der Waals surface area contributed by atoms with Crippen LogP contribution in [-0.2, 0) is 0 Å². The van der Waals surface area contributed by atoms with E-state index in [9.17, 15) is 9.59 Å². The fourth-order valence-corrected chi connectivity index (χ4v) is 4.09. The topological polar surface area (TPSA) is 89.4 Å². The molecule has 0 unspecified atom stereocenters. The van der Waals surface area contributed by atoms with Crippen molar-refractivity contribution >= 4 is 28.3 Å². The largest absolute Gasteiger partial charge is 0.371 e. The van der Waals surface area contributed by atoms with Gasteiger partial charge in [0, 0.05) is 58.7 Å². The van der Waals surface area contributed by atoms with Crippen molar-refractivity contribution in [3.8, 4) is 0 Å². The number of anilines is 1. The Labute approximate surface area is 157 Å². The molecule has 0 saturated carbocycles. The lowest BCUT2D eigenvalue weighted by Gasteiger charge is -2.32. The second-order valence-corrected chi connectivity index (χ2v) is 6.98. The fraction of sp³-hybridized carbons (Fsp3) is 0.400. The van der Waals surface area contributed by atoms with E-state index >= 15 is 0 Å². The van der Waals surface area contributed by atoms with Crippen LogP contribution >= 0.6 is 0 Å². The molecule has 0 aromatic heterocycles. The quantitative estimate of drug-likeness (QED) is 0.263. The molecule has 0 radical (unpaired) electrons. The molecule has 2 heterocycles. The van der Waals surface area contributed by atoms with E-state index in [1.807, 2.05) is 24.3 Å². The second-order valence-electron chi connectivity index (χ2n) is 6.98. The van der Waals surface area contributed by atoms with E-state index in [1.54, 1.807) is 6.07 Å². The lowest BCUT2D eigenvalue weighted by atomic mass is 9.92. The van der Waals surface area contributed by atoms with Gasteiger partial charge in [0.15, 0.2) is 0 Å². The lowest BCUT2D eigenvalue weighted by Crippen LogP contribution is -2.41. The smallest absolute Gasteiger partial charge is 0.261 e. The number of amides is 2. The number of carbonyl (C=O) groups is 2. The molecule has 2 amide bonds. The van der Waals surface area contributed by atoms with Crippen LogP contribution in [0.3, 0.4) is 0 Å². The highest BCUT2D eigenvalue weighted by atomic mass is 16.2. The molecule has 0 aliphatic carbocycles. The molecule has 0 N–H and O–H groups in total. The van der Waals surface area contributed by atoms with E-state index in [-0.39, 0.29) is 24.9 Å². The molecule has 2 aliphatic rings. The zero-order valence-corrected chi connectivity index (χ0v) is 15.1. The van der Waals surface area contributed by atoms with Crippen molar-refractivity contribution in [1.29, 1.82) is 0 Å². The predicted octanol–water partition coefficient (Wildman–Crippen LogP) is 4.13. The van der Waals surface area contributed by atoms with Crippen molar-refractivity contribution in [1.82, 2.24) is 4.90 Å². The minimum absolute atomic E-state index is 0.250. The van der Waals surface area contributed by atoms with Gasteiger partial charge in [-0.2, -0.15) is 0 Å². The van der Waals surface area contributed by atoms with E-state index < -0.39 is 0 Å². The maximum absolute atomic E-state index is 13.0. The third-order valence-corrected chi connectivity index (χ3v) is 5.37. The van der Waals surface area contributed by atoms with Crippen LogP contribution in [0, 0.1) is 0 Å². The van der Waals surface area contributed by atoms with Crippen LogP contribution < -0.4 is 4.90 Å². The molecule has 1 saturated heterocycles. The molecular weight excluding hydrogens is 342 g/mol. The molecule has 0 spiro atoms. The SMILES string of the molecule is [N-]=[N+]=NCCCN1C(=O)c2cccc3c(N4CCCCC4)ccc(c23)C1=O.